The molecule has 0 saturated carbocycles. The molecule has 2 heterocycles. The van der Waals surface area contributed by atoms with E-state index in [1.807, 2.05) is 13.0 Å². The lowest BCUT2D eigenvalue weighted by Gasteiger charge is -2.26. The molecule has 1 aliphatic heterocycles. The highest BCUT2D eigenvalue weighted by Gasteiger charge is 2.41. The number of ether oxygens (including phenoxy) is 1. The minimum absolute atomic E-state index is 0.0191. The summed E-state index contributed by atoms with van der Waals surface area (Å²) < 4.78 is 5.59. The van der Waals surface area contributed by atoms with Crippen LogP contribution in [0.1, 0.15) is 50.9 Å². The maximum absolute atomic E-state index is 13.3. The largest absolute Gasteiger partial charge is 0.481 e. The van der Waals surface area contributed by atoms with E-state index in [-0.39, 0.29) is 50.5 Å². The summed E-state index contributed by atoms with van der Waals surface area (Å²) in [6.07, 6.45) is -0.873. The van der Waals surface area contributed by atoms with Crippen molar-refractivity contribution in [3.8, 4) is 0 Å². The van der Waals surface area contributed by atoms with Crippen LogP contribution in [0.25, 0.3) is 0 Å². The zero-order chi connectivity index (χ0) is 31.4. The van der Waals surface area contributed by atoms with Crippen LogP contribution in [0.5, 0.6) is 0 Å². The van der Waals surface area contributed by atoms with Crippen molar-refractivity contribution in [2.45, 2.75) is 70.7 Å². The van der Waals surface area contributed by atoms with Crippen LogP contribution in [0, 0.1) is 5.92 Å². The van der Waals surface area contributed by atoms with E-state index in [9.17, 15) is 28.8 Å². The van der Waals surface area contributed by atoms with Crippen LogP contribution in [0.4, 0.5) is 0 Å². The Morgan fingerprint density at radius 1 is 1.12 bits per heavy atom. The number of H-pyrrole nitrogens is 1. The molecule has 232 valence electrons. The van der Waals surface area contributed by atoms with Crippen LogP contribution >= 0.6 is 0 Å². The molecule has 1 saturated heterocycles. The Bertz CT molecular complexity index is 1270. The average Bonchev–Trinajstić information content (AvgIpc) is 3.66. The fourth-order valence-corrected chi connectivity index (χ4v) is 4.48. The number of aromatic nitrogens is 4. The molecule has 1 aromatic heterocycles. The first-order chi connectivity index (χ1) is 20.6. The van der Waals surface area contributed by atoms with Gasteiger partial charge in [0.05, 0.1) is 32.5 Å². The smallest absolute Gasteiger partial charge is 0.310 e. The molecule has 3 rings (SSSR count). The number of tetrazole rings is 1. The maximum atomic E-state index is 13.3. The summed E-state index contributed by atoms with van der Waals surface area (Å²) in [5.41, 5.74) is 0.751. The highest BCUT2D eigenvalue weighted by molar-refractivity contribution is 5.93. The van der Waals surface area contributed by atoms with Crippen LogP contribution in [-0.2, 0) is 46.5 Å². The first-order valence-electron chi connectivity index (χ1n) is 13.9. The van der Waals surface area contributed by atoms with Gasteiger partial charge in [-0.1, -0.05) is 55.8 Å². The second-order valence-electron chi connectivity index (χ2n) is 10.2. The molecule has 4 amide bonds. The predicted octanol–water partition coefficient (Wildman–Crippen LogP) is -0.917. The number of likely N-dealkylation sites (tertiary alicyclic amines) is 1. The average molecular weight is 601 g/mol. The Hall–Kier alpha value is -4.89. The number of nitrogens with zero attached hydrogens (tertiary/aromatic N) is 4. The summed E-state index contributed by atoms with van der Waals surface area (Å²) in [5, 5.41) is 29.8. The minimum atomic E-state index is -1.14. The summed E-state index contributed by atoms with van der Waals surface area (Å²) in [6.45, 7) is 2.94. The number of hydrogen-bond acceptors (Lipinski definition) is 10. The number of hydrogen-bond donors (Lipinski definition) is 5. The normalized spacial score (nSPS) is 17.4. The molecule has 0 radical (unpaired) electrons. The van der Waals surface area contributed by atoms with Gasteiger partial charge in [-0.05, 0) is 11.5 Å². The lowest BCUT2D eigenvalue weighted by molar-refractivity contribution is -0.148. The molecular formula is C27H36N8O8. The SMILES string of the molecule is CC[C@H](C)[C@H](NC(=O)CCC(=O)O)C(=O)NCC(=O)N1C[C@H](OC(=O)Cc2ccccc2)CC1C(=O)NCc1nn[nH]n1. The lowest BCUT2D eigenvalue weighted by atomic mass is 9.98. The standard InChI is InChI=1S/C27H36N8O8/c1-3-16(2)25(30-21(36)9-10-23(38)39)27(42)29-14-22(37)35-15-18(43-24(40)11-17-7-5-4-6-8-17)12-19(35)26(41)28-13-20-31-33-34-32-20/h4-8,16,18-19,25H,3,9-15H2,1-2H3,(H,28,41)(H,29,42)(H,30,36)(H,38,39)(H,31,32,33,34)/t16-,18+,19?,25-/m0/s1. The van der Waals surface area contributed by atoms with Gasteiger partial charge in [0.1, 0.15) is 18.2 Å². The summed E-state index contributed by atoms with van der Waals surface area (Å²) in [5.74, 6) is -4.11. The molecule has 4 atom stereocenters. The third-order valence-electron chi connectivity index (χ3n) is 6.98. The van der Waals surface area contributed by atoms with E-state index in [0.717, 1.165) is 5.56 Å². The summed E-state index contributed by atoms with van der Waals surface area (Å²) >= 11 is 0. The molecule has 1 aromatic carbocycles. The summed E-state index contributed by atoms with van der Waals surface area (Å²) in [7, 11) is 0. The van der Waals surface area contributed by atoms with Gasteiger partial charge in [-0.25, -0.2) is 0 Å². The van der Waals surface area contributed by atoms with E-state index in [0.29, 0.717) is 6.42 Å². The molecule has 0 spiro atoms. The van der Waals surface area contributed by atoms with E-state index >= 15 is 0 Å². The molecule has 1 fully saturated rings. The van der Waals surface area contributed by atoms with Gasteiger partial charge in [-0.3, -0.25) is 28.8 Å². The van der Waals surface area contributed by atoms with Crippen molar-refractivity contribution in [2.24, 2.45) is 5.92 Å². The molecule has 16 nitrogen and oxygen atoms in total. The third kappa shape index (κ3) is 10.2. The number of esters is 1. The van der Waals surface area contributed by atoms with Crippen molar-refractivity contribution in [3.63, 3.8) is 0 Å². The van der Waals surface area contributed by atoms with E-state index < -0.39 is 60.3 Å². The Balaban J connectivity index is 1.64. The number of benzene rings is 1. The molecule has 0 aliphatic carbocycles. The highest BCUT2D eigenvalue weighted by atomic mass is 16.5. The monoisotopic (exact) mass is 600 g/mol. The number of amides is 4. The Morgan fingerprint density at radius 2 is 1.86 bits per heavy atom. The molecule has 0 bridgehead atoms. The van der Waals surface area contributed by atoms with Crippen LogP contribution in [-0.4, -0.2) is 97.5 Å². The number of rotatable bonds is 15. The summed E-state index contributed by atoms with van der Waals surface area (Å²) in [6, 6.07) is 6.97. The lowest BCUT2D eigenvalue weighted by Crippen LogP contribution is -2.53. The number of carbonyl (C=O) groups excluding carboxylic acids is 5. The Morgan fingerprint density at radius 3 is 2.51 bits per heavy atom. The fourth-order valence-electron chi connectivity index (χ4n) is 4.48. The minimum Gasteiger partial charge on any atom is -0.481 e. The molecule has 16 heteroatoms. The number of carboxylic acid groups (broad SMARTS) is 1. The molecule has 1 aliphatic rings. The van der Waals surface area contributed by atoms with Crippen LogP contribution in [0.15, 0.2) is 30.3 Å². The third-order valence-corrected chi connectivity index (χ3v) is 6.98. The van der Waals surface area contributed by atoms with E-state index in [1.54, 1.807) is 31.2 Å². The number of carboxylic acids is 1. The van der Waals surface area contributed by atoms with Crippen LogP contribution in [0.3, 0.4) is 0 Å². The van der Waals surface area contributed by atoms with E-state index in [2.05, 4.69) is 36.6 Å². The van der Waals surface area contributed by atoms with Gasteiger partial charge in [0.25, 0.3) is 0 Å². The molecule has 1 unspecified atom stereocenters. The first kappa shape index (κ1) is 32.6. The number of aromatic amines is 1. The van der Waals surface area contributed by atoms with Gasteiger partial charge < -0.3 is 30.7 Å². The predicted molar refractivity (Wildman–Crippen MR) is 147 cm³/mol. The van der Waals surface area contributed by atoms with Crippen molar-refractivity contribution < 1.29 is 38.6 Å². The van der Waals surface area contributed by atoms with Crippen LogP contribution < -0.4 is 16.0 Å². The van der Waals surface area contributed by atoms with Gasteiger partial charge in [-0.2, -0.15) is 5.21 Å². The van der Waals surface area contributed by atoms with Crippen molar-refractivity contribution in [1.29, 1.82) is 0 Å². The number of nitrogens with one attached hydrogen (secondary N) is 4. The van der Waals surface area contributed by atoms with Crippen molar-refractivity contribution in [2.75, 3.05) is 13.1 Å². The van der Waals surface area contributed by atoms with Gasteiger partial charge in [-0.15, -0.1) is 10.2 Å². The van der Waals surface area contributed by atoms with Crippen molar-refractivity contribution >= 4 is 35.6 Å². The maximum Gasteiger partial charge on any atom is 0.310 e. The van der Waals surface area contributed by atoms with Gasteiger partial charge >= 0.3 is 11.9 Å². The van der Waals surface area contributed by atoms with Gasteiger partial charge in [0.2, 0.25) is 23.6 Å². The van der Waals surface area contributed by atoms with E-state index in [1.165, 1.54) is 4.90 Å². The zero-order valence-electron chi connectivity index (χ0n) is 23.9. The second-order valence-corrected chi connectivity index (χ2v) is 10.2. The fraction of sp³-hybridized carbons (Fsp3) is 0.519. The Labute approximate surface area is 247 Å². The molecular weight excluding hydrogens is 564 g/mol. The first-order valence-corrected chi connectivity index (χ1v) is 13.9. The highest BCUT2D eigenvalue weighted by Crippen LogP contribution is 2.22. The van der Waals surface area contributed by atoms with Crippen molar-refractivity contribution in [3.05, 3.63) is 41.7 Å². The van der Waals surface area contributed by atoms with Crippen molar-refractivity contribution in [1.82, 2.24) is 41.5 Å². The van der Waals surface area contributed by atoms with Crippen LogP contribution in [0.2, 0.25) is 0 Å². The quantitative estimate of drug-likeness (QED) is 0.157. The molecule has 5 N–H and O–H groups in total. The van der Waals surface area contributed by atoms with Gasteiger partial charge in [0.15, 0.2) is 5.82 Å². The van der Waals surface area contributed by atoms with E-state index in [4.69, 9.17) is 9.84 Å². The zero-order valence-corrected chi connectivity index (χ0v) is 23.9. The Kier molecular flexibility index (Phi) is 12.1. The topological polar surface area (TPSA) is 226 Å². The second kappa shape index (κ2) is 15.9. The molecule has 2 aromatic rings. The molecule has 43 heavy (non-hydrogen) atoms. The number of aliphatic carboxylic acids is 1. The number of carbonyl (C=O) groups is 6. The summed E-state index contributed by atoms with van der Waals surface area (Å²) in [4.78, 5) is 76.1. The van der Waals surface area contributed by atoms with Gasteiger partial charge in [0, 0.05) is 12.8 Å².